The number of nitrogens with one attached hydrogen (secondary N) is 1. The smallest absolute Gasteiger partial charge is 0.335 e. The first kappa shape index (κ1) is 19.9. The summed E-state index contributed by atoms with van der Waals surface area (Å²) in [6, 6.07) is 16.9. The van der Waals surface area contributed by atoms with E-state index in [0.29, 0.717) is 22.1 Å². The molecule has 0 aliphatic heterocycles. The van der Waals surface area contributed by atoms with Crippen molar-refractivity contribution in [1.29, 1.82) is 5.26 Å². The van der Waals surface area contributed by atoms with Crippen LogP contribution in [0.15, 0.2) is 66.4 Å². The number of anilines is 1. The lowest BCUT2D eigenvalue weighted by Crippen LogP contribution is -2.14. The van der Waals surface area contributed by atoms with E-state index in [4.69, 9.17) is 11.6 Å². The quantitative estimate of drug-likeness (QED) is 0.475. The van der Waals surface area contributed by atoms with E-state index in [1.165, 1.54) is 18.2 Å². The molecule has 2 aromatic carbocycles. The van der Waals surface area contributed by atoms with Crippen LogP contribution in [-0.4, -0.2) is 21.6 Å². The van der Waals surface area contributed by atoms with E-state index in [1.807, 2.05) is 13.0 Å². The molecule has 2 N–H and O–H groups in total. The van der Waals surface area contributed by atoms with Crippen LogP contribution in [0.4, 0.5) is 5.69 Å². The molecule has 0 bridgehead atoms. The van der Waals surface area contributed by atoms with Crippen molar-refractivity contribution in [2.45, 2.75) is 6.92 Å². The van der Waals surface area contributed by atoms with Gasteiger partial charge in [0.2, 0.25) is 0 Å². The minimum absolute atomic E-state index is 0.0984. The molecule has 0 saturated carbocycles. The Morgan fingerprint density at radius 3 is 2.69 bits per heavy atom. The van der Waals surface area contributed by atoms with Gasteiger partial charge in [-0.25, -0.2) is 4.79 Å². The number of nitriles is 1. The predicted octanol–water partition coefficient (Wildman–Crippen LogP) is 4.68. The van der Waals surface area contributed by atoms with Crippen molar-refractivity contribution in [3.8, 4) is 11.8 Å². The van der Waals surface area contributed by atoms with Crippen LogP contribution in [0.5, 0.6) is 0 Å². The number of nitrogens with zero attached hydrogens (tertiary/aromatic N) is 2. The average molecular weight is 406 g/mol. The Morgan fingerprint density at radius 1 is 1.17 bits per heavy atom. The normalized spacial score (nSPS) is 11.0. The Bertz CT molecular complexity index is 1170. The molecule has 144 valence electrons. The molecule has 0 aliphatic rings. The highest BCUT2D eigenvalue weighted by molar-refractivity contribution is 6.31. The zero-order valence-corrected chi connectivity index (χ0v) is 16.1. The van der Waals surface area contributed by atoms with Gasteiger partial charge in [-0.05, 0) is 61.0 Å². The Balaban J connectivity index is 1.93. The monoisotopic (exact) mass is 405 g/mol. The van der Waals surface area contributed by atoms with Crippen molar-refractivity contribution < 1.29 is 14.7 Å². The third-order valence-corrected chi connectivity index (χ3v) is 4.49. The van der Waals surface area contributed by atoms with Crippen LogP contribution in [0, 0.1) is 18.3 Å². The molecule has 0 spiro atoms. The Labute approximate surface area is 172 Å². The van der Waals surface area contributed by atoms with Gasteiger partial charge in [-0.1, -0.05) is 23.7 Å². The summed E-state index contributed by atoms with van der Waals surface area (Å²) in [5.41, 5.74) is 2.54. The second-order valence-electron chi connectivity index (χ2n) is 6.24. The number of hydrogen-bond donors (Lipinski definition) is 2. The van der Waals surface area contributed by atoms with E-state index in [2.05, 4.69) is 5.32 Å². The van der Waals surface area contributed by atoms with E-state index in [-0.39, 0.29) is 11.1 Å². The number of carbonyl (C=O) groups is 2. The second kappa shape index (κ2) is 8.46. The summed E-state index contributed by atoms with van der Waals surface area (Å²) in [6.45, 7) is 1.82. The number of aromatic nitrogens is 1. The number of carboxylic acid groups (broad SMARTS) is 1. The van der Waals surface area contributed by atoms with Crippen LogP contribution in [0.1, 0.15) is 21.6 Å². The van der Waals surface area contributed by atoms with Crippen LogP contribution in [0.2, 0.25) is 5.02 Å². The van der Waals surface area contributed by atoms with Crippen LogP contribution < -0.4 is 5.32 Å². The Kier molecular flexibility index (Phi) is 5.82. The molecule has 0 saturated heterocycles. The van der Waals surface area contributed by atoms with Gasteiger partial charge in [-0.15, -0.1) is 0 Å². The Morgan fingerprint density at radius 2 is 1.97 bits per heavy atom. The molecule has 0 aliphatic carbocycles. The van der Waals surface area contributed by atoms with Crippen LogP contribution in [-0.2, 0) is 4.79 Å². The lowest BCUT2D eigenvalue weighted by molar-refractivity contribution is -0.112. The van der Waals surface area contributed by atoms with Gasteiger partial charge in [-0.3, -0.25) is 4.79 Å². The number of aromatic carboxylic acids is 1. The number of amides is 1. The van der Waals surface area contributed by atoms with Gasteiger partial charge < -0.3 is 15.0 Å². The standard InChI is InChI=1S/C22H16ClN3O3/c1-14-7-8-17(23)12-20(14)25-21(27)16(13-24)11-19-6-3-9-26(19)18-5-2-4-15(10-18)22(28)29/h2-12H,1H3,(H,25,27)(H,28,29)/b16-11+. The van der Waals surface area contributed by atoms with Gasteiger partial charge in [0.05, 0.1) is 5.56 Å². The van der Waals surface area contributed by atoms with E-state index in [1.54, 1.807) is 53.2 Å². The number of carbonyl (C=O) groups excluding carboxylic acids is 1. The molecule has 29 heavy (non-hydrogen) atoms. The van der Waals surface area contributed by atoms with Gasteiger partial charge in [0.1, 0.15) is 11.6 Å². The van der Waals surface area contributed by atoms with Crippen molar-refractivity contribution in [2.75, 3.05) is 5.32 Å². The fraction of sp³-hybridized carbons (Fsp3) is 0.0455. The number of rotatable bonds is 5. The van der Waals surface area contributed by atoms with Gasteiger partial charge in [-0.2, -0.15) is 5.26 Å². The van der Waals surface area contributed by atoms with Crippen molar-refractivity contribution in [1.82, 2.24) is 4.57 Å². The summed E-state index contributed by atoms with van der Waals surface area (Å²) >= 11 is 5.98. The van der Waals surface area contributed by atoms with Crippen LogP contribution >= 0.6 is 11.6 Å². The molecule has 6 nitrogen and oxygen atoms in total. The van der Waals surface area contributed by atoms with Gasteiger partial charge in [0.25, 0.3) is 5.91 Å². The summed E-state index contributed by atoms with van der Waals surface area (Å²) in [4.78, 5) is 23.8. The maximum absolute atomic E-state index is 12.6. The summed E-state index contributed by atoms with van der Waals surface area (Å²) < 4.78 is 1.70. The largest absolute Gasteiger partial charge is 0.478 e. The average Bonchev–Trinajstić information content (AvgIpc) is 3.17. The third-order valence-electron chi connectivity index (χ3n) is 4.26. The summed E-state index contributed by atoms with van der Waals surface area (Å²) in [6.07, 6.45) is 3.17. The highest BCUT2D eigenvalue weighted by Crippen LogP contribution is 2.22. The van der Waals surface area contributed by atoms with Crippen molar-refractivity contribution in [3.63, 3.8) is 0 Å². The highest BCUT2D eigenvalue weighted by Gasteiger charge is 2.13. The molecular weight excluding hydrogens is 390 g/mol. The van der Waals surface area contributed by atoms with Crippen molar-refractivity contribution in [3.05, 3.63) is 88.2 Å². The SMILES string of the molecule is Cc1ccc(Cl)cc1NC(=O)/C(C#N)=C/c1cccn1-c1cccc(C(=O)O)c1. The number of halogens is 1. The second-order valence-corrected chi connectivity index (χ2v) is 6.68. The zero-order chi connectivity index (χ0) is 21.0. The molecule has 7 heteroatoms. The zero-order valence-electron chi connectivity index (χ0n) is 15.4. The first-order valence-corrected chi connectivity index (χ1v) is 8.97. The predicted molar refractivity (Wildman–Crippen MR) is 111 cm³/mol. The maximum atomic E-state index is 12.6. The van der Waals surface area contributed by atoms with Gasteiger partial charge in [0.15, 0.2) is 0 Å². The fourth-order valence-electron chi connectivity index (χ4n) is 2.75. The van der Waals surface area contributed by atoms with Gasteiger partial charge in [0, 0.05) is 28.3 Å². The highest BCUT2D eigenvalue weighted by atomic mass is 35.5. The lowest BCUT2D eigenvalue weighted by Gasteiger charge is -2.10. The van der Waals surface area contributed by atoms with E-state index >= 15 is 0 Å². The topological polar surface area (TPSA) is 95.1 Å². The molecule has 1 heterocycles. The molecule has 0 radical (unpaired) electrons. The third kappa shape index (κ3) is 4.54. The molecular formula is C22H16ClN3O3. The van der Waals surface area contributed by atoms with E-state index in [9.17, 15) is 20.0 Å². The summed E-state index contributed by atoms with van der Waals surface area (Å²) in [5, 5.41) is 21.8. The van der Waals surface area contributed by atoms with E-state index in [0.717, 1.165) is 5.56 Å². The lowest BCUT2D eigenvalue weighted by atomic mass is 10.1. The maximum Gasteiger partial charge on any atom is 0.335 e. The van der Waals surface area contributed by atoms with Crippen molar-refractivity contribution in [2.24, 2.45) is 0 Å². The first-order valence-electron chi connectivity index (χ1n) is 8.59. The van der Waals surface area contributed by atoms with Crippen LogP contribution in [0.25, 0.3) is 11.8 Å². The number of benzene rings is 2. The van der Waals surface area contributed by atoms with Crippen molar-refractivity contribution >= 4 is 35.2 Å². The summed E-state index contributed by atoms with van der Waals surface area (Å²) in [5.74, 6) is -1.60. The molecule has 3 rings (SSSR count). The minimum atomic E-state index is -1.04. The molecule has 0 fully saturated rings. The molecule has 0 unspecified atom stereocenters. The summed E-state index contributed by atoms with van der Waals surface area (Å²) in [7, 11) is 0. The first-order chi connectivity index (χ1) is 13.9. The molecule has 0 atom stereocenters. The molecule has 1 amide bonds. The number of carboxylic acids is 1. The molecule has 1 aromatic heterocycles. The van der Waals surface area contributed by atoms with E-state index < -0.39 is 11.9 Å². The Hall–Kier alpha value is -3.82. The number of aryl methyl sites for hydroxylation is 1. The van der Waals surface area contributed by atoms with Gasteiger partial charge >= 0.3 is 5.97 Å². The fourth-order valence-corrected chi connectivity index (χ4v) is 2.92. The van der Waals surface area contributed by atoms with Crippen LogP contribution in [0.3, 0.4) is 0 Å². The number of hydrogen-bond acceptors (Lipinski definition) is 3. The molecule has 3 aromatic rings. The minimum Gasteiger partial charge on any atom is -0.478 e.